The fourth-order valence-corrected chi connectivity index (χ4v) is 4.03. The molecule has 0 unspecified atom stereocenters. The first kappa shape index (κ1) is 21.5. The van der Waals surface area contributed by atoms with E-state index in [1.165, 1.54) is 0 Å². The lowest BCUT2D eigenvalue weighted by atomic mass is 10.0. The van der Waals surface area contributed by atoms with Gasteiger partial charge in [-0.05, 0) is 29.3 Å². The number of phenols is 3. The van der Waals surface area contributed by atoms with E-state index < -0.39 is 43.9 Å². The average molecular weight is 439 g/mol. The highest BCUT2D eigenvalue weighted by molar-refractivity contribution is 7.89. The van der Waals surface area contributed by atoms with Crippen LogP contribution in [-0.2, 0) is 22.7 Å². The molecule has 0 saturated heterocycles. The maximum Gasteiger partial charge on any atom is 0.419 e. The molecule has 0 aliphatic carbocycles. The first-order valence-corrected chi connectivity index (χ1v) is 9.97. The number of sulfonamides is 1. The SMILES string of the molecule is O=S(=O)(NCc1ccccc1)c1cc(O)c(O)cc1-c1ccc(O)c(C(F)(F)F)c1. The van der Waals surface area contributed by atoms with E-state index >= 15 is 0 Å². The Balaban J connectivity index is 2.10. The second-order valence-electron chi connectivity index (χ2n) is 6.38. The number of aromatic hydroxyl groups is 3. The van der Waals surface area contributed by atoms with Crippen LogP contribution >= 0.6 is 0 Å². The van der Waals surface area contributed by atoms with Crippen molar-refractivity contribution in [2.45, 2.75) is 17.6 Å². The molecule has 0 heterocycles. The molecule has 0 aromatic heterocycles. The predicted molar refractivity (Wildman–Crippen MR) is 102 cm³/mol. The summed E-state index contributed by atoms with van der Waals surface area (Å²) in [5, 5.41) is 29.1. The molecule has 0 amide bonds. The van der Waals surface area contributed by atoms with Gasteiger partial charge in [0.1, 0.15) is 5.75 Å². The van der Waals surface area contributed by atoms with E-state index in [2.05, 4.69) is 4.72 Å². The van der Waals surface area contributed by atoms with E-state index in [1.807, 2.05) is 0 Å². The maximum atomic E-state index is 13.2. The normalized spacial score (nSPS) is 12.1. The van der Waals surface area contributed by atoms with Gasteiger partial charge in [-0.1, -0.05) is 36.4 Å². The molecule has 0 bridgehead atoms. The first-order chi connectivity index (χ1) is 14.0. The molecule has 0 spiro atoms. The number of phenolic OH excluding ortho intramolecular Hbond substituents is 3. The Morgan fingerprint density at radius 1 is 0.833 bits per heavy atom. The fraction of sp³-hybridized carbons (Fsp3) is 0.100. The first-order valence-electron chi connectivity index (χ1n) is 8.49. The van der Waals surface area contributed by atoms with Gasteiger partial charge in [0.2, 0.25) is 10.0 Å². The van der Waals surface area contributed by atoms with Crippen molar-refractivity contribution in [3.05, 3.63) is 71.8 Å². The van der Waals surface area contributed by atoms with Crippen LogP contribution in [0.15, 0.2) is 65.6 Å². The Kier molecular flexibility index (Phi) is 5.64. The minimum atomic E-state index is -4.89. The topological polar surface area (TPSA) is 107 Å². The molecule has 10 heteroatoms. The summed E-state index contributed by atoms with van der Waals surface area (Å²) >= 11 is 0. The van der Waals surface area contributed by atoms with Crippen molar-refractivity contribution in [2.75, 3.05) is 0 Å². The molecule has 158 valence electrons. The van der Waals surface area contributed by atoms with Gasteiger partial charge in [0, 0.05) is 18.2 Å². The third-order valence-electron chi connectivity index (χ3n) is 4.29. The molecule has 4 N–H and O–H groups in total. The number of halogens is 3. The van der Waals surface area contributed by atoms with E-state index in [1.54, 1.807) is 30.3 Å². The monoisotopic (exact) mass is 439 g/mol. The maximum absolute atomic E-state index is 13.2. The predicted octanol–water partition coefficient (Wildman–Crippen LogP) is 3.97. The van der Waals surface area contributed by atoms with Gasteiger partial charge in [-0.25, -0.2) is 13.1 Å². The number of alkyl halides is 3. The Morgan fingerprint density at radius 2 is 1.47 bits per heavy atom. The number of rotatable bonds is 5. The standard InChI is InChI=1S/C20H16F3NO5S/c21-20(22,23)15-8-13(6-7-16(15)25)14-9-17(26)18(27)10-19(14)30(28,29)24-11-12-4-2-1-3-5-12/h1-10,24-27H,11H2. The second-order valence-corrected chi connectivity index (χ2v) is 8.11. The minimum Gasteiger partial charge on any atom is -0.507 e. The highest BCUT2D eigenvalue weighted by Gasteiger charge is 2.34. The molecule has 30 heavy (non-hydrogen) atoms. The second kappa shape index (κ2) is 7.88. The van der Waals surface area contributed by atoms with Crippen LogP contribution in [0.2, 0.25) is 0 Å². The molecule has 0 atom stereocenters. The molecular formula is C20H16F3NO5S. The lowest BCUT2D eigenvalue weighted by molar-refractivity contribution is -0.138. The van der Waals surface area contributed by atoms with E-state index in [9.17, 15) is 36.9 Å². The van der Waals surface area contributed by atoms with Crippen molar-refractivity contribution in [3.8, 4) is 28.4 Å². The summed E-state index contributed by atoms with van der Waals surface area (Å²) in [4.78, 5) is -0.535. The molecule has 0 aliphatic rings. The van der Waals surface area contributed by atoms with Crippen molar-refractivity contribution in [1.82, 2.24) is 4.72 Å². The summed E-state index contributed by atoms with van der Waals surface area (Å²) in [6, 6.07) is 12.5. The van der Waals surface area contributed by atoms with Crippen LogP contribution in [0.25, 0.3) is 11.1 Å². The number of hydrogen-bond acceptors (Lipinski definition) is 5. The molecule has 0 saturated carbocycles. The summed E-state index contributed by atoms with van der Waals surface area (Å²) in [5.41, 5.74) is -1.24. The fourth-order valence-electron chi connectivity index (χ4n) is 2.79. The summed E-state index contributed by atoms with van der Waals surface area (Å²) in [6.07, 6.45) is -4.89. The van der Waals surface area contributed by atoms with Crippen LogP contribution < -0.4 is 4.72 Å². The Bertz CT molecular complexity index is 1180. The molecule has 0 aliphatic heterocycles. The van der Waals surface area contributed by atoms with Gasteiger partial charge in [-0.3, -0.25) is 0 Å². The van der Waals surface area contributed by atoms with Gasteiger partial charge in [0.25, 0.3) is 0 Å². The average Bonchev–Trinajstić information content (AvgIpc) is 2.68. The Labute approximate surface area is 169 Å². The minimum absolute atomic E-state index is 0.104. The molecule has 6 nitrogen and oxygen atoms in total. The van der Waals surface area contributed by atoms with Crippen molar-refractivity contribution in [1.29, 1.82) is 0 Å². The zero-order chi connectivity index (χ0) is 22.1. The van der Waals surface area contributed by atoms with Gasteiger partial charge in [-0.2, -0.15) is 13.2 Å². The summed E-state index contributed by atoms with van der Waals surface area (Å²) in [7, 11) is -4.30. The molecular weight excluding hydrogens is 423 g/mol. The number of nitrogens with one attached hydrogen (secondary N) is 1. The van der Waals surface area contributed by atoms with Gasteiger partial charge in [0.05, 0.1) is 10.5 Å². The van der Waals surface area contributed by atoms with Crippen molar-refractivity contribution >= 4 is 10.0 Å². The van der Waals surface area contributed by atoms with Crippen molar-refractivity contribution in [3.63, 3.8) is 0 Å². The van der Waals surface area contributed by atoms with Crippen LogP contribution in [0.5, 0.6) is 17.2 Å². The van der Waals surface area contributed by atoms with Gasteiger partial charge in [0.15, 0.2) is 11.5 Å². The van der Waals surface area contributed by atoms with E-state index in [-0.39, 0.29) is 17.7 Å². The van der Waals surface area contributed by atoms with Crippen LogP contribution in [0.3, 0.4) is 0 Å². The number of hydrogen-bond donors (Lipinski definition) is 4. The van der Waals surface area contributed by atoms with Crippen LogP contribution in [0.1, 0.15) is 11.1 Å². The van der Waals surface area contributed by atoms with Gasteiger partial charge >= 0.3 is 6.18 Å². The van der Waals surface area contributed by atoms with Crippen molar-refractivity contribution < 1.29 is 36.9 Å². The molecule has 0 fully saturated rings. The largest absolute Gasteiger partial charge is 0.507 e. The van der Waals surface area contributed by atoms with Crippen LogP contribution in [-0.4, -0.2) is 23.7 Å². The third kappa shape index (κ3) is 4.50. The quantitative estimate of drug-likeness (QED) is 0.450. The third-order valence-corrected chi connectivity index (χ3v) is 5.73. The summed E-state index contributed by atoms with van der Waals surface area (Å²) in [5.74, 6) is -2.50. The zero-order valence-electron chi connectivity index (χ0n) is 15.2. The highest BCUT2D eigenvalue weighted by Crippen LogP contribution is 2.41. The molecule has 3 rings (SSSR count). The number of benzene rings is 3. The lowest BCUT2D eigenvalue weighted by Crippen LogP contribution is -2.23. The smallest absolute Gasteiger partial charge is 0.419 e. The summed E-state index contributed by atoms with van der Waals surface area (Å²) < 4.78 is 67.4. The molecule has 0 radical (unpaired) electrons. The van der Waals surface area contributed by atoms with Gasteiger partial charge < -0.3 is 15.3 Å². The van der Waals surface area contributed by atoms with E-state index in [4.69, 9.17) is 0 Å². The van der Waals surface area contributed by atoms with E-state index in [0.29, 0.717) is 11.6 Å². The zero-order valence-corrected chi connectivity index (χ0v) is 16.0. The Hall–Kier alpha value is -3.24. The highest BCUT2D eigenvalue weighted by atomic mass is 32.2. The van der Waals surface area contributed by atoms with Crippen LogP contribution in [0.4, 0.5) is 13.2 Å². The Morgan fingerprint density at radius 3 is 2.10 bits per heavy atom. The molecule has 3 aromatic carbocycles. The lowest BCUT2D eigenvalue weighted by Gasteiger charge is -2.15. The molecule has 3 aromatic rings. The van der Waals surface area contributed by atoms with Crippen LogP contribution in [0, 0.1) is 0 Å². The summed E-state index contributed by atoms with van der Waals surface area (Å²) in [6.45, 7) is -0.104. The van der Waals surface area contributed by atoms with Gasteiger partial charge in [-0.15, -0.1) is 0 Å². The van der Waals surface area contributed by atoms with E-state index in [0.717, 1.165) is 24.3 Å². The van der Waals surface area contributed by atoms with Crippen molar-refractivity contribution in [2.24, 2.45) is 0 Å².